The van der Waals surface area contributed by atoms with Crippen LogP contribution in [0, 0.1) is 0 Å². The zero-order valence-corrected chi connectivity index (χ0v) is 7.31. The number of aliphatic carboxylic acids is 1. The molecule has 0 radical (unpaired) electrons. The molecule has 0 bridgehead atoms. The van der Waals surface area contributed by atoms with Crippen LogP contribution in [0.3, 0.4) is 0 Å². The van der Waals surface area contributed by atoms with E-state index in [4.69, 9.17) is 5.11 Å². The number of carbonyl (C=O) groups is 1. The summed E-state index contributed by atoms with van der Waals surface area (Å²) in [5.41, 5.74) is 4.57. The van der Waals surface area contributed by atoms with Gasteiger partial charge in [0.25, 0.3) is 0 Å². The molecule has 0 aromatic rings. The lowest BCUT2D eigenvalue weighted by molar-refractivity contribution is -0.135. The van der Waals surface area contributed by atoms with E-state index in [9.17, 15) is 4.79 Å². The maximum atomic E-state index is 9.24. The summed E-state index contributed by atoms with van der Waals surface area (Å²) in [5, 5.41) is 7.60. The summed E-state index contributed by atoms with van der Waals surface area (Å²) in [6.45, 7) is -0.278. The van der Waals surface area contributed by atoms with E-state index in [1.54, 1.807) is 0 Å². The maximum absolute atomic E-state index is 9.24. The highest BCUT2D eigenvalue weighted by molar-refractivity contribution is 5.85. The van der Waals surface area contributed by atoms with Crippen LogP contribution in [0.2, 0.25) is 0 Å². The lowest BCUT2D eigenvalue weighted by Crippen LogP contribution is -2.10. The monoisotopic (exact) mass is 170 g/mol. The van der Waals surface area contributed by atoms with Crippen molar-refractivity contribution >= 4 is 18.4 Å². The van der Waals surface area contributed by atoms with Gasteiger partial charge in [-0.05, 0) is 21.1 Å². The molecule has 0 amide bonds. The first-order valence-corrected chi connectivity index (χ1v) is 2.53. The second-order valence-corrected chi connectivity index (χ2v) is 1.94. The molecule has 3 N–H and O–H groups in total. The first-order valence-electron chi connectivity index (χ1n) is 2.53. The summed E-state index contributed by atoms with van der Waals surface area (Å²) in [4.78, 5) is 11.2. The van der Waals surface area contributed by atoms with Crippen molar-refractivity contribution in [2.75, 3.05) is 27.7 Å². The van der Waals surface area contributed by atoms with E-state index in [0.29, 0.717) is 0 Å². The molecule has 0 fully saturated rings. The number of carboxylic acids is 1. The van der Waals surface area contributed by atoms with Crippen LogP contribution in [0.1, 0.15) is 0 Å². The highest BCUT2D eigenvalue weighted by atomic mass is 35.5. The summed E-state index contributed by atoms with van der Waals surface area (Å²) < 4.78 is 0. The molecule has 10 heavy (non-hydrogen) atoms. The van der Waals surface area contributed by atoms with E-state index < -0.39 is 5.97 Å². The van der Waals surface area contributed by atoms with Crippen LogP contribution in [-0.2, 0) is 4.79 Å². The van der Waals surface area contributed by atoms with Gasteiger partial charge < -0.3 is 15.7 Å². The Labute approximate surface area is 67.4 Å². The number of halogens is 1. The van der Waals surface area contributed by atoms with E-state index in [1.807, 2.05) is 26.0 Å². The van der Waals surface area contributed by atoms with Crippen molar-refractivity contribution in [1.29, 1.82) is 0 Å². The Hall–Kier alpha value is -0.320. The maximum Gasteiger partial charge on any atom is 0.317 e. The van der Waals surface area contributed by atoms with Gasteiger partial charge in [0.05, 0.1) is 6.54 Å². The molecular formula is C5H15ClN2O2. The molecule has 0 spiro atoms. The third-order valence-corrected chi connectivity index (χ3v) is 0.175. The van der Waals surface area contributed by atoms with E-state index in [0.717, 1.165) is 0 Å². The van der Waals surface area contributed by atoms with Crippen molar-refractivity contribution in [2.45, 2.75) is 0 Å². The standard InChI is InChI=1S/C3H9N.C2H5NO2.ClH/c1-4(2)3;3-1-2(4)5;/h1-3H3;1,3H2,(H,4,5);1H. The first-order chi connectivity index (χ1) is 4.00. The fourth-order valence-corrected chi connectivity index (χ4v) is 0. The Morgan fingerprint density at radius 1 is 1.50 bits per heavy atom. The van der Waals surface area contributed by atoms with Crippen LogP contribution < -0.4 is 5.73 Å². The van der Waals surface area contributed by atoms with Gasteiger partial charge in [-0.1, -0.05) is 0 Å². The molecule has 4 nitrogen and oxygen atoms in total. The van der Waals surface area contributed by atoms with Crippen LogP contribution in [0.5, 0.6) is 0 Å². The van der Waals surface area contributed by atoms with Crippen molar-refractivity contribution in [3.63, 3.8) is 0 Å². The molecule has 0 aliphatic heterocycles. The van der Waals surface area contributed by atoms with Crippen LogP contribution in [0.15, 0.2) is 0 Å². The normalized spacial score (nSPS) is 7.30. The Morgan fingerprint density at radius 3 is 1.60 bits per heavy atom. The minimum atomic E-state index is -0.968. The van der Waals surface area contributed by atoms with Gasteiger partial charge in [0.1, 0.15) is 0 Å². The van der Waals surface area contributed by atoms with Crippen LogP contribution in [-0.4, -0.2) is 43.7 Å². The van der Waals surface area contributed by atoms with Crippen molar-refractivity contribution < 1.29 is 9.90 Å². The van der Waals surface area contributed by atoms with E-state index in [2.05, 4.69) is 5.73 Å². The lowest BCUT2D eigenvalue weighted by Gasteiger charge is -1.90. The molecule has 0 unspecified atom stereocenters. The first kappa shape index (κ1) is 16.3. The molecule has 0 aromatic heterocycles. The number of hydrogen-bond acceptors (Lipinski definition) is 3. The van der Waals surface area contributed by atoms with Gasteiger partial charge in [0.15, 0.2) is 0 Å². The zero-order valence-electron chi connectivity index (χ0n) is 6.50. The van der Waals surface area contributed by atoms with Crippen molar-refractivity contribution in [2.24, 2.45) is 5.73 Å². The average Bonchev–Trinajstić information content (AvgIpc) is 1.65. The number of rotatable bonds is 1. The molecule has 0 saturated heterocycles. The lowest BCUT2D eigenvalue weighted by atomic mass is 10.7. The number of nitrogens with two attached hydrogens (primary N) is 1. The van der Waals surface area contributed by atoms with Crippen LogP contribution in [0.4, 0.5) is 0 Å². The molecule has 0 aliphatic carbocycles. The molecule has 0 heterocycles. The number of carboxylic acid groups (broad SMARTS) is 1. The van der Waals surface area contributed by atoms with E-state index in [-0.39, 0.29) is 19.0 Å². The van der Waals surface area contributed by atoms with E-state index >= 15 is 0 Å². The minimum absolute atomic E-state index is 0. The molecule has 0 aromatic carbocycles. The highest BCUT2D eigenvalue weighted by Gasteiger charge is 1.81. The van der Waals surface area contributed by atoms with Crippen molar-refractivity contribution in [3.8, 4) is 0 Å². The molecule has 0 saturated carbocycles. The molecule has 0 aliphatic rings. The fourth-order valence-electron chi connectivity index (χ4n) is 0. The molecule has 5 heteroatoms. The Morgan fingerprint density at radius 2 is 1.60 bits per heavy atom. The summed E-state index contributed by atoms with van der Waals surface area (Å²) in [6.07, 6.45) is 0. The molecule has 0 atom stereocenters. The van der Waals surface area contributed by atoms with Gasteiger partial charge >= 0.3 is 5.97 Å². The number of hydrogen-bond donors (Lipinski definition) is 2. The molecular weight excluding hydrogens is 156 g/mol. The van der Waals surface area contributed by atoms with Crippen molar-refractivity contribution in [3.05, 3.63) is 0 Å². The van der Waals surface area contributed by atoms with E-state index in [1.165, 1.54) is 0 Å². The quantitative estimate of drug-likeness (QED) is 0.564. The Kier molecular flexibility index (Phi) is 18.8. The minimum Gasteiger partial charge on any atom is -0.480 e. The third kappa shape index (κ3) is 121. The van der Waals surface area contributed by atoms with Crippen LogP contribution in [0.25, 0.3) is 0 Å². The van der Waals surface area contributed by atoms with Gasteiger partial charge in [-0.2, -0.15) is 0 Å². The van der Waals surface area contributed by atoms with Gasteiger partial charge in [-0.15, -0.1) is 12.4 Å². The van der Waals surface area contributed by atoms with Gasteiger partial charge in [-0.25, -0.2) is 0 Å². The van der Waals surface area contributed by atoms with Gasteiger partial charge in [0, 0.05) is 0 Å². The molecule has 64 valence electrons. The Balaban J connectivity index is -0.0000000910. The highest BCUT2D eigenvalue weighted by Crippen LogP contribution is 1.47. The fraction of sp³-hybridized carbons (Fsp3) is 0.800. The van der Waals surface area contributed by atoms with Gasteiger partial charge in [0.2, 0.25) is 0 Å². The summed E-state index contributed by atoms with van der Waals surface area (Å²) in [7, 11) is 6.00. The second-order valence-electron chi connectivity index (χ2n) is 1.94. The molecule has 0 rings (SSSR count). The average molecular weight is 171 g/mol. The number of nitrogens with zero attached hydrogens (tertiary/aromatic N) is 1. The smallest absolute Gasteiger partial charge is 0.317 e. The van der Waals surface area contributed by atoms with Gasteiger partial charge in [-0.3, -0.25) is 4.79 Å². The van der Waals surface area contributed by atoms with Crippen molar-refractivity contribution in [1.82, 2.24) is 4.90 Å². The predicted molar refractivity (Wildman–Crippen MR) is 43.5 cm³/mol. The topological polar surface area (TPSA) is 66.6 Å². The summed E-state index contributed by atoms with van der Waals surface area (Å²) in [6, 6.07) is 0. The zero-order chi connectivity index (χ0) is 7.86. The Bertz CT molecular complexity index is 75.3. The summed E-state index contributed by atoms with van der Waals surface area (Å²) >= 11 is 0. The summed E-state index contributed by atoms with van der Waals surface area (Å²) in [5.74, 6) is -0.968. The second kappa shape index (κ2) is 11.5. The third-order valence-electron chi connectivity index (χ3n) is 0.175. The SMILES string of the molecule is CN(C)C.Cl.NCC(=O)O. The largest absolute Gasteiger partial charge is 0.480 e. The van der Waals surface area contributed by atoms with Crippen LogP contribution >= 0.6 is 12.4 Å². The predicted octanol–water partition coefficient (Wildman–Crippen LogP) is -0.371.